The quantitative estimate of drug-likeness (QED) is 0.724. The Morgan fingerprint density at radius 1 is 1.38 bits per heavy atom. The van der Waals surface area contributed by atoms with Gasteiger partial charge in [-0.25, -0.2) is 0 Å². The molecule has 5 nitrogen and oxygen atoms in total. The fraction of sp³-hybridized carbons (Fsp3) is 0.562. The molecule has 0 saturated heterocycles. The smallest absolute Gasteiger partial charge is 0.253 e. The number of aliphatic hydroxyl groups is 1. The van der Waals surface area contributed by atoms with Crippen LogP contribution in [-0.2, 0) is 0 Å². The first-order chi connectivity index (χ1) is 10.1. The minimum atomic E-state index is -0.200. The lowest BCUT2D eigenvalue weighted by Crippen LogP contribution is -2.41. The largest absolute Gasteiger partial charge is 0.497 e. The van der Waals surface area contributed by atoms with E-state index in [0.29, 0.717) is 23.5 Å². The molecule has 0 aromatic heterocycles. The van der Waals surface area contributed by atoms with Crippen LogP contribution in [0.4, 0.5) is 5.69 Å². The molecule has 5 heteroatoms. The number of hydrogen-bond acceptors (Lipinski definition) is 4. The Bertz CT molecular complexity index is 496. The number of carbonyl (C=O) groups is 1. The molecule has 0 bridgehead atoms. The van der Waals surface area contributed by atoms with Crippen LogP contribution in [0.25, 0.3) is 0 Å². The summed E-state index contributed by atoms with van der Waals surface area (Å²) in [4.78, 5) is 12.3. The van der Waals surface area contributed by atoms with Crippen molar-refractivity contribution in [3.05, 3.63) is 23.8 Å². The fourth-order valence-corrected chi connectivity index (χ4v) is 2.93. The maximum atomic E-state index is 12.3. The van der Waals surface area contributed by atoms with Crippen LogP contribution in [0.5, 0.6) is 5.75 Å². The van der Waals surface area contributed by atoms with Crippen LogP contribution in [0.2, 0.25) is 0 Å². The number of ether oxygens (including phenoxy) is 1. The highest BCUT2D eigenvalue weighted by atomic mass is 16.5. The van der Waals surface area contributed by atoms with Crippen molar-refractivity contribution in [3.8, 4) is 5.75 Å². The van der Waals surface area contributed by atoms with Gasteiger partial charge in [0, 0.05) is 23.7 Å². The molecule has 0 radical (unpaired) electrons. The molecular weight excluding hydrogens is 268 g/mol. The molecule has 0 aliphatic heterocycles. The number of anilines is 1. The van der Waals surface area contributed by atoms with Gasteiger partial charge < -0.3 is 20.9 Å². The number of hydrogen-bond donors (Lipinski definition) is 3. The lowest BCUT2D eigenvalue weighted by molar-refractivity contribution is 0.0718. The van der Waals surface area contributed by atoms with E-state index in [2.05, 4.69) is 5.32 Å². The van der Waals surface area contributed by atoms with Gasteiger partial charge in [-0.05, 0) is 25.0 Å². The second kappa shape index (κ2) is 6.80. The second-order valence-corrected chi connectivity index (χ2v) is 5.85. The number of nitrogens with two attached hydrogens (primary N) is 1. The Hall–Kier alpha value is -1.75. The van der Waals surface area contributed by atoms with E-state index in [1.54, 1.807) is 25.3 Å². The Labute approximate surface area is 125 Å². The zero-order valence-electron chi connectivity index (χ0n) is 12.5. The zero-order valence-corrected chi connectivity index (χ0v) is 12.5. The minimum Gasteiger partial charge on any atom is -0.497 e. The summed E-state index contributed by atoms with van der Waals surface area (Å²) >= 11 is 0. The van der Waals surface area contributed by atoms with Crippen molar-refractivity contribution < 1.29 is 14.6 Å². The molecule has 116 valence electrons. The normalized spacial score (nSPS) is 17.2. The summed E-state index contributed by atoms with van der Waals surface area (Å²) in [5.74, 6) is 0.428. The van der Waals surface area contributed by atoms with Crippen LogP contribution < -0.4 is 15.8 Å². The lowest BCUT2D eigenvalue weighted by atomic mass is 9.74. The first-order valence-electron chi connectivity index (χ1n) is 7.43. The molecule has 0 spiro atoms. The fourth-order valence-electron chi connectivity index (χ4n) is 2.93. The topological polar surface area (TPSA) is 84.6 Å². The van der Waals surface area contributed by atoms with Gasteiger partial charge in [-0.1, -0.05) is 19.3 Å². The molecule has 1 fully saturated rings. The first kappa shape index (κ1) is 15.6. The summed E-state index contributed by atoms with van der Waals surface area (Å²) in [6.07, 6.45) is 5.35. The average Bonchev–Trinajstić information content (AvgIpc) is 2.53. The van der Waals surface area contributed by atoms with Gasteiger partial charge >= 0.3 is 0 Å². The monoisotopic (exact) mass is 292 g/mol. The molecular formula is C16H24N2O3. The Morgan fingerprint density at radius 3 is 2.67 bits per heavy atom. The van der Waals surface area contributed by atoms with E-state index in [-0.39, 0.29) is 17.9 Å². The van der Waals surface area contributed by atoms with E-state index in [4.69, 9.17) is 10.5 Å². The number of methoxy groups -OCH3 is 1. The van der Waals surface area contributed by atoms with E-state index < -0.39 is 0 Å². The van der Waals surface area contributed by atoms with Gasteiger partial charge in [0.1, 0.15) is 5.75 Å². The summed E-state index contributed by atoms with van der Waals surface area (Å²) in [5, 5.41) is 12.6. The van der Waals surface area contributed by atoms with Gasteiger partial charge in [0.25, 0.3) is 5.91 Å². The summed E-state index contributed by atoms with van der Waals surface area (Å²) in [7, 11) is 1.56. The maximum absolute atomic E-state index is 12.3. The highest BCUT2D eigenvalue weighted by Crippen LogP contribution is 2.35. The number of nitrogens with one attached hydrogen (secondary N) is 1. The summed E-state index contributed by atoms with van der Waals surface area (Å²) in [6.45, 7) is 0.610. The molecule has 1 aromatic rings. The summed E-state index contributed by atoms with van der Waals surface area (Å²) in [5.41, 5.74) is 6.55. The molecule has 0 unspecified atom stereocenters. The number of rotatable bonds is 5. The predicted octanol–water partition coefficient (Wildman–Crippen LogP) is 1.95. The summed E-state index contributed by atoms with van der Waals surface area (Å²) in [6, 6.07) is 5.01. The van der Waals surface area contributed by atoms with Gasteiger partial charge in [-0.2, -0.15) is 0 Å². The zero-order chi connectivity index (χ0) is 15.3. The Kier molecular flexibility index (Phi) is 5.07. The van der Waals surface area contributed by atoms with Gasteiger partial charge in [0.2, 0.25) is 0 Å². The third-order valence-corrected chi connectivity index (χ3v) is 4.38. The third kappa shape index (κ3) is 3.67. The van der Waals surface area contributed by atoms with Crippen molar-refractivity contribution in [1.29, 1.82) is 0 Å². The number of benzene rings is 1. The van der Waals surface area contributed by atoms with Crippen LogP contribution in [0.1, 0.15) is 42.5 Å². The highest BCUT2D eigenvalue weighted by Gasteiger charge is 2.31. The number of nitrogen functional groups attached to an aromatic ring is 1. The van der Waals surface area contributed by atoms with Crippen LogP contribution in [-0.4, -0.2) is 31.3 Å². The SMILES string of the molecule is COc1ccc(C(=O)NCC2(CO)CCCCC2)c(N)c1. The van der Waals surface area contributed by atoms with E-state index in [1.165, 1.54) is 6.42 Å². The maximum Gasteiger partial charge on any atom is 0.253 e. The van der Waals surface area contributed by atoms with E-state index in [9.17, 15) is 9.90 Å². The molecule has 1 aromatic carbocycles. The molecule has 1 aliphatic carbocycles. The number of amides is 1. The standard InChI is InChI=1S/C16H24N2O3/c1-21-12-5-6-13(14(17)9-12)15(20)18-10-16(11-19)7-3-2-4-8-16/h5-6,9,19H,2-4,7-8,10-11,17H2,1H3,(H,18,20). The number of aliphatic hydroxyl groups excluding tert-OH is 1. The summed E-state index contributed by atoms with van der Waals surface area (Å²) < 4.78 is 5.07. The lowest BCUT2D eigenvalue weighted by Gasteiger charge is -2.35. The molecule has 1 saturated carbocycles. The predicted molar refractivity (Wildman–Crippen MR) is 82.3 cm³/mol. The van der Waals surface area contributed by atoms with Crippen LogP contribution in [0.3, 0.4) is 0 Å². The van der Waals surface area contributed by atoms with Crippen LogP contribution in [0, 0.1) is 5.41 Å². The van der Waals surface area contributed by atoms with Crippen LogP contribution >= 0.6 is 0 Å². The van der Waals surface area contributed by atoms with Crippen LogP contribution in [0.15, 0.2) is 18.2 Å². The second-order valence-electron chi connectivity index (χ2n) is 5.85. The minimum absolute atomic E-state index is 0.116. The van der Waals surface area contributed by atoms with Crippen molar-refractivity contribution in [2.75, 3.05) is 26.0 Å². The molecule has 1 aliphatic rings. The molecule has 2 rings (SSSR count). The van der Waals surface area contributed by atoms with E-state index in [0.717, 1.165) is 25.7 Å². The molecule has 0 heterocycles. The van der Waals surface area contributed by atoms with Crippen molar-refractivity contribution >= 4 is 11.6 Å². The van der Waals surface area contributed by atoms with Crippen molar-refractivity contribution in [2.45, 2.75) is 32.1 Å². The first-order valence-corrected chi connectivity index (χ1v) is 7.43. The van der Waals surface area contributed by atoms with Gasteiger partial charge in [0.05, 0.1) is 19.3 Å². The average molecular weight is 292 g/mol. The Balaban J connectivity index is 2.01. The molecule has 21 heavy (non-hydrogen) atoms. The number of carbonyl (C=O) groups excluding carboxylic acids is 1. The molecule has 4 N–H and O–H groups in total. The van der Waals surface area contributed by atoms with Gasteiger partial charge in [-0.15, -0.1) is 0 Å². The van der Waals surface area contributed by atoms with E-state index >= 15 is 0 Å². The van der Waals surface area contributed by atoms with Gasteiger partial charge in [-0.3, -0.25) is 4.79 Å². The van der Waals surface area contributed by atoms with E-state index in [1.807, 2.05) is 0 Å². The third-order valence-electron chi connectivity index (χ3n) is 4.38. The highest BCUT2D eigenvalue weighted by molar-refractivity contribution is 5.99. The van der Waals surface area contributed by atoms with Crippen molar-refractivity contribution in [2.24, 2.45) is 5.41 Å². The Morgan fingerprint density at radius 2 is 2.10 bits per heavy atom. The van der Waals surface area contributed by atoms with Crippen molar-refractivity contribution in [1.82, 2.24) is 5.32 Å². The van der Waals surface area contributed by atoms with Gasteiger partial charge in [0.15, 0.2) is 0 Å². The van der Waals surface area contributed by atoms with Crippen molar-refractivity contribution in [3.63, 3.8) is 0 Å². The molecule has 1 amide bonds. The molecule has 0 atom stereocenters.